The molecule has 0 atom stereocenters. The maximum Gasteiger partial charge on any atom is 0.296 e. The van der Waals surface area contributed by atoms with Crippen molar-refractivity contribution in [3.05, 3.63) is 51.5 Å². The molecule has 12 heteroatoms. The Morgan fingerprint density at radius 3 is 2.79 bits per heavy atom. The Kier molecular flexibility index (Phi) is 6.12. The second-order valence-corrected chi connectivity index (χ2v) is 10.7. The number of aromatic hydroxyl groups is 1. The monoisotopic (exact) mass is 482 g/mol. The smallest absolute Gasteiger partial charge is 0.296 e. The van der Waals surface area contributed by atoms with Gasteiger partial charge in [0.05, 0.1) is 24.6 Å². The van der Waals surface area contributed by atoms with Crippen molar-refractivity contribution in [1.29, 1.82) is 0 Å². The topological polar surface area (TPSA) is 137 Å². The Balaban J connectivity index is 1.62. The largest absolute Gasteiger partial charge is 0.501 e. The first-order valence-corrected chi connectivity index (χ1v) is 12.3. The molecule has 0 unspecified atom stereocenters. The van der Waals surface area contributed by atoms with E-state index in [9.17, 15) is 28.2 Å². The highest BCUT2D eigenvalue weighted by molar-refractivity contribution is 8.25. The molecule has 4 N–H and O–H groups in total. The van der Waals surface area contributed by atoms with Crippen LogP contribution < -0.4 is 15.2 Å². The molecule has 3 heterocycles. The predicted octanol–water partition coefficient (Wildman–Crippen LogP) is 2.55. The SMILES string of the molecule is CC1(C)OCCn2c1nc(C(=O)NCc1ccc(F)cc1N1CCCCS1(O)O)c(O)c2=O. The number of rotatable bonds is 4. The fraction of sp³-hybridized carbons (Fsp3) is 0.476. The molecule has 0 bridgehead atoms. The first kappa shape index (κ1) is 23.5. The van der Waals surface area contributed by atoms with E-state index in [1.165, 1.54) is 27.1 Å². The van der Waals surface area contributed by atoms with Gasteiger partial charge in [0.2, 0.25) is 5.75 Å². The summed E-state index contributed by atoms with van der Waals surface area (Å²) in [6.07, 6.45) is 1.37. The summed E-state index contributed by atoms with van der Waals surface area (Å²) in [7, 11) is -3.10. The van der Waals surface area contributed by atoms with E-state index in [0.717, 1.165) is 0 Å². The Bertz CT molecular complexity index is 1150. The van der Waals surface area contributed by atoms with Gasteiger partial charge in [-0.25, -0.2) is 9.37 Å². The third kappa shape index (κ3) is 4.43. The van der Waals surface area contributed by atoms with Crippen LogP contribution in [0.4, 0.5) is 10.1 Å². The van der Waals surface area contributed by atoms with Gasteiger partial charge in [-0.15, -0.1) is 10.8 Å². The maximum atomic E-state index is 14.0. The summed E-state index contributed by atoms with van der Waals surface area (Å²) in [5, 5.41) is 12.9. The zero-order chi connectivity index (χ0) is 24.0. The number of nitrogens with one attached hydrogen (secondary N) is 1. The summed E-state index contributed by atoms with van der Waals surface area (Å²) in [4.78, 5) is 29.7. The first-order valence-electron chi connectivity index (χ1n) is 10.6. The minimum atomic E-state index is -3.10. The highest BCUT2D eigenvalue weighted by Gasteiger charge is 2.34. The highest BCUT2D eigenvalue weighted by Crippen LogP contribution is 2.50. The van der Waals surface area contributed by atoms with Crippen LogP contribution in [0.1, 0.15) is 48.6 Å². The van der Waals surface area contributed by atoms with Crippen LogP contribution in [-0.4, -0.2) is 48.6 Å². The van der Waals surface area contributed by atoms with Gasteiger partial charge in [0.15, 0.2) is 5.69 Å². The Labute approximate surface area is 191 Å². The van der Waals surface area contributed by atoms with Crippen molar-refractivity contribution in [3.8, 4) is 5.75 Å². The molecular weight excluding hydrogens is 455 g/mol. The number of hydrogen-bond acceptors (Lipinski definition) is 8. The second kappa shape index (κ2) is 8.60. The lowest BCUT2D eigenvalue weighted by Gasteiger charge is -2.48. The van der Waals surface area contributed by atoms with Gasteiger partial charge >= 0.3 is 0 Å². The van der Waals surface area contributed by atoms with Gasteiger partial charge in [-0.05, 0) is 44.4 Å². The number of anilines is 1. The van der Waals surface area contributed by atoms with Crippen molar-refractivity contribution in [2.24, 2.45) is 0 Å². The lowest BCUT2D eigenvalue weighted by Crippen LogP contribution is -2.42. The molecule has 0 aliphatic carbocycles. The molecule has 10 nitrogen and oxygen atoms in total. The number of fused-ring (bicyclic) bond motifs is 1. The molecule has 2 aliphatic rings. The van der Waals surface area contributed by atoms with E-state index >= 15 is 0 Å². The summed E-state index contributed by atoms with van der Waals surface area (Å²) in [6.45, 7) is 4.14. The molecule has 2 aliphatic heterocycles. The minimum Gasteiger partial charge on any atom is -0.501 e. The molecule has 0 spiro atoms. The highest BCUT2D eigenvalue weighted by atomic mass is 32.3. The molecule has 180 valence electrons. The number of benzene rings is 1. The second-order valence-electron chi connectivity index (χ2n) is 8.55. The maximum absolute atomic E-state index is 14.0. The number of ether oxygens (including phenoxy) is 1. The number of aromatic nitrogens is 2. The van der Waals surface area contributed by atoms with E-state index in [1.54, 1.807) is 13.8 Å². The van der Waals surface area contributed by atoms with E-state index in [-0.39, 0.29) is 37.0 Å². The molecule has 0 saturated carbocycles. The van der Waals surface area contributed by atoms with E-state index in [2.05, 4.69) is 10.3 Å². The summed E-state index contributed by atoms with van der Waals surface area (Å²) < 4.78 is 43.2. The molecule has 1 amide bonds. The molecule has 33 heavy (non-hydrogen) atoms. The number of halogens is 1. The molecule has 4 rings (SSSR count). The van der Waals surface area contributed by atoms with Gasteiger partial charge in [0, 0.05) is 13.1 Å². The van der Waals surface area contributed by atoms with Crippen LogP contribution in [0, 0.1) is 5.82 Å². The summed E-state index contributed by atoms with van der Waals surface area (Å²) in [5.74, 6) is -1.70. The fourth-order valence-electron chi connectivity index (χ4n) is 4.09. The van der Waals surface area contributed by atoms with Crippen molar-refractivity contribution in [2.75, 3.05) is 23.2 Å². The van der Waals surface area contributed by atoms with Crippen molar-refractivity contribution >= 4 is 22.4 Å². The average Bonchev–Trinajstić information content (AvgIpc) is 2.75. The standard InChI is InChI=1S/C21H27FN4O6S/c1-21(2)20-24-16(17(27)19(29)25(20)8-9-32-21)18(28)23-12-13-5-6-14(22)11-15(13)26-7-3-4-10-33(26,30)31/h5-6,11,27,30-31H,3-4,7-10,12H2,1-2H3,(H,23,28). The number of carbonyl (C=O) groups is 1. The minimum absolute atomic E-state index is 0.111. The molecule has 2 aromatic rings. The van der Waals surface area contributed by atoms with Gasteiger partial charge < -0.3 is 15.2 Å². The van der Waals surface area contributed by atoms with Crippen molar-refractivity contribution in [1.82, 2.24) is 14.9 Å². The van der Waals surface area contributed by atoms with Crippen molar-refractivity contribution in [2.45, 2.75) is 45.4 Å². The molecule has 1 saturated heterocycles. The normalized spacial score (nSPS) is 20.1. The van der Waals surface area contributed by atoms with E-state index in [0.29, 0.717) is 24.9 Å². The van der Waals surface area contributed by atoms with E-state index < -0.39 is 45.1 Å². The van der Waals surface area contributed by atoms with Gasteiger partial charge in [-0.3, -0.25) is 27.6 Å². The quantitative estimate of drug-likeness (QED) is 0.522. The van der Waals surface area contributed by atoms with Gasteiger partial charge in [-0.1, -0.05) is 6.07 Å². The zero-order valence-electron chi connectivity index (χ0n) is 18.4. The van der Waals surface area contributed by atoms with Crippen molar-refractivity contribution < 1.29 is 28.1 Å². The van der Waals surface area contributed by atoms with Crippen LogP contribution >= 0.6 is 10.8 Å². The van der Waals surface area contributed by atoms with Crippen molar-refractivity contribution in [3.63, 3.8) is 0 Å². The third-order valence-corrected chi connectivity index (χ3v) is 7.74. The van der Waals surface area contributed by atoms with Crippen LogP contribution in [0.5, 0.6) is 5.75 Å². The lowest BCUT2D eigenvalue weighted by atomic mass is 10.1. The Morgan fingerprint density at radius 1 is 1.30 bits per heavy atom. The molecule has 1 aromatic heterocycles. The number of carbonyl (C=O) groups excluding carboxylic acids is 1. The summed E-state index contributed by atoms with van der Waals surface area (Å²) >= 11 is 0. The number of nitrogens with zero attached hydrogens (tertiary/aromatic N) is 3. The van der Waals surface area contributed by atoms with Crippen LogP contribution in [0.2, 0.25) is 0 Å². The zero-order valence-corrected chi connectivity index (χ0v) is 19.2. The fourth-order valence-corrected chi connectivity index (χ4v) is 5.81. The van der Waals surface area contributed by atoms with E-state index in [1.807, 2.05) is 0 Å². The predicted molar refractivity (Wildman–Crippen MR) is 121 cm³/mol. The third-order valence-electron chi connectivity index (χ3n) is 5.81. The molecule has 1 aromatic carbocycles. The molecular formula is C21H27FN4O6S. The summed E-state index contributed by atoms with van der Waals surface area (Å²) in [5.41, 5.74) is -1.37. The van der Waals surface area contributed by atoms with Crippen LogP contribution in [0.25, 0.3) is 0 Å². The lowest BCUT2D eigenvalue weighted by molar-refractivity contribution is -0.0566. The first-order chi connectivity index (χ1) is 15.5. The summed E-state index contributed by atoms with van der Waals surface area (Å²) in [6, 6.07) is 3.85. The molecule has 0 radical (unpaired) electrons. The van der Waals surface area contributed by atoms with Gasteiger partial charge in [0.1, 0.15) is 17.2 Å². The van der Waals surface area contributed by atoms with Crippen LogP contribution in [0.3, 0.4) is 0 Å². The molecule has 1 fully saturated rings. The van der Waals surface area contributed by atoms with Crippen LogP contribution in [-0.2, 0) is 23.4 Å². The van der Waals surface area contributed by atoms with Gasteiger partial charge in [0.25, 0.3) is 11.5 Å². The van der Waals surface area contributed by atoms with E-state index in [4.69, 9.17) is 4.74 Å². The van der Waals surface area contributed by atoms with Crippen LogP contribution in [0.15, 0.2) is 23.0 Å². The van der Waals surface area contributed by atoms with Gasteiger partial charge in [-0.2, -0.15) is 0 Å². The Morgan fingerprint density at radius 2 is 2.06 bits per heavy atom. The number of amides is 1. The average molecular weight is 483 g/mol. The Hall–Kier alpha value is -2.67. The number of hydrogen-bond donors (Lipinski definition) is 4.